The number of piperazine rings is 1. The second kappa shape index (κ2) is 10.3. The molecule has 2 N–H and O–H groups in total. The van der Waals surface area contributed by atoms with Gasteiger partial charge in [0.05, 0.1) is 15.7 Å². The van der Waals surface area contributed by atoms with Crippen LogP contribution in [0.25, 0.3) is 10.9 Å². The summed E-state index contributed by atoms with van der Waals surface area (Å²) >= 11 is 12.5. The lowest BCUT2D eigenvalue weighted by Crippen LogP contribution is -2.46. The van der Waals surface area contributed by atoms with Crippen molar-refractivity contribution in [2.24, 2.45) is 0 Å². The van der Waals surface area contributed by atoms with Crippen molar-refractivity contribution in [2.75, 3.05) is 44.2 Å². The third-order valence-electron chi connectivity index (χ3n) is 5.57. The van der Waals surface area contributed by atoms with Crippen LogP contribution in [0.5, 0.6) is 5.75 Å². The zero-order valence-electron chi connectivity index (χ0n) is 17.2. The van der Waals surface area contributed by atoms with Crippen molar-refractivity contribution in [3.63, 3.8) is 0 Å². The summed E-state index contributed by atoms with van der Waals surface area (Å²) in [5.41, 5.74) is 1.95. The van der Waals surface area contributed by atoms with Gasteiger partial charge in [-0.25, -0.2) is 4.79 Å². The number of nitrogens with zero attached hydrogens (tertiary/aromatic N) is 2. The van der Waals surface area contributed by atoms with E-state index in [2.05, 4.69) is 20.1 Å². The van der Waals surface area contributed by atoms with Crippen LogP contribution < -0.4 is 15.0 Å². The van der Waals surface area contributed by atoms with Crippen LogP contribution in [0.1, 0.15) is 12.8 Å². The molecule has 3 aromatic rings. The molecule has 8 heteroatoms. The predicted octanol–water partition coefficient (Wildman–Crippen LogP) is 5.17. The van der Waals surface area contributed by atoms with E-state index in [0.717, 1.165) is 62.2 Å². The van der Waals surface area contributed by atoms with Crippen molar-refractivity contribution in [3.05, 3.63) is 58.7 Å². The topological polar surface area (TPSA) is 60.6 Å². The molecule has 2 heterocycles. The monoisotopic (exact) mass is 460 g/mol. The van der Waals surface area contributed by atoms with Gasteiger partial charge in [-0.1, -0.05) is 35.3 Å². The lowest BCUT2D eigenvalue weighted by atomic mass is 10.2. The van der Waals surface area contributed by atoms with Crippen molar-refractivity contribution in [1.82, 2.24) is 15.2 Å². The maximum Gasteiger partial charge on any atom is 0.412 e. The molecule has 0 saturated carbocycles. The first kappa shape index (κ1) is 21.8. The Kier molecular flexibility index (Phi) is 7.22. The Morgan fingerprint density at radius 1 is 1.03 bits per heavy atom. The van der Waals surface area contributed by atoms with Gasteiger partial charge in [-0.3, -0.25) is 4.90 Å². The molecule has 1 aromatic heterocycles. The fourth-order valence-electron chi connectivity index (χ4n) is 3.88. The second-order valence-electron chi connectivity index (χ2n) is 7.62. The summed E-state index contributed by atoms with van der Waals surface area (Å²) < 4.78 is 5.45. The number of amides is 1. The van der Waals surface area contributed by atoms with Crippen LogP contribution in [-0.2, 0) is 0 Å². The Bertz CT molecular complexity index is 1030. The first-order valence-corrected chi connectivity index (χ1v) is 11.3. The summed E-state index contributed by atoms with van der Waals surface area (Å²) in [5, 5.41) is 4.96. The number of aromatic nitrogens is 1. The predicted molar refractivity (Wildman–Crippen MR) is 127 cm³/mol. The minimum absolute atomic E-state index is 0.416. The largest absolute Gasteiger partial charge is 0.412 e. The molecule has 1 fully saturated rings. The minimum atomic E-state index is -0.416. The third kappa shape index (κ3) is 5.45. The number of fused-ring (bicyclic) bond motifs is 1. The van der Waals surface area contributed by atoms with Gasteiger partial charge < -0.3 is 19.9 Å². The number of nitrogens with one attached hydrogen (secondary N) is 2. The number of H-pyrrole nitrogens is 1. The first-order chi connectivity index (χ1) is 15.1. The number of carbonyl (C=O) groups is 1. The molecule has 2 aromatic carbocycles. The van der Waals surface area contributed by atoms with Gasteiger partial charge in [-0.05, 0) is 49.7 Å². The van der Waals surface area contributed by atoms with Gasteiger partial charge in [0.2, 0.25) is 0 Å². The highest BCUT2D eigenvalue weighted by molar-refractivity contribution is 6.43. The van der Waals surface area contributed by atoms with Gasteiger partial charge >= 0.3 is 6.09 Å². The zero-order chi connectivity index (χ0) is 21.6. The van der Waals surface area contributed by atoms with E-state index in [1.165, 1.54) is 0 Å². The molecule has 31 heavy (non-hydrogen) atoms. The van der Waals surface area contributed by atoms with E-state index in [0.29, 0.717) is 22.3 Å². The van der Waals surface area contributed by atoms with E-state index in [4.69, 9.17) is 27.9 Å². The molecule has 0 radical (unpaired) electrons. The molecule has 0 aliphatic carbocycles. The molecular formula is C23H26Cl2N4O2. The van der Waals surface area contributed by atoms with Crippen molar-refractivity contribution >= 4 is 45.9 Å². The zero-order valence-corrected chi connectivity index (χ0v) is 18.8. The highest BCUT2D eigenvalue weighted by Gasteiger charge is 2.19. The Hall–Kier alpha value is -2.41. The summed E-state index contributed by atoms with van der Waals surface area (Å²) in [5.74, 6) is 0.564. The number of hydrogen-bond donors (Lipinski definition) is 2. The standard InChI is InChI=1S/C23H26Cl2N4O2/c24-18-5-3-7-20(22(18)25)29-15-13-28(14-16-29)12-2-1-10-27-23(30)31-21-8-4-6-19-17(21)9-11-26-19/h3-9,11,26H,1-2,10,12-16H2,(H,27,30). The van der Waals surface area contributed by atoms with Gasteiger partial charge in [0.25, 0.3) is 0 Å². The number of rotatable bonds is 7. The van der Waals surface area contributed by atoms with Crippen LogP contribution in [-0.4, -0.2) is 55.2 Å². The van der Waals surface area contributed by atoms with Crippen LogP contribution in [0.2, 0.25) is 10.0 Å². The lowest BCUT2D eigenvalue weighted by molar-refractivity contribution is 0.200. The Balaban J connectivity index is 1.13. The summed E-state index contributed by atoms with van der Waals surface area (Å²) in [6.07, 6.45) is 3.34. The molecule has 0 bridgehead atoms. The first-order valence-electron chi connectivity index (χ1n) is 10.5. The quantitative estimate of drug-likeness (QED) is 0.477. The SMILES string of the molecule is O=C(NCCCCN1CCN(c2cccc(Cl)c2Cl)CC1)Oc1cccc2[nH]ccc12. The molecule has 0 spiro atoms. The molecule has 1 saturated heterocycles. The van der Waals surface area contributed by atoms with Crippen LogP contribution in [0.3, 0.4) is 0 Å². The van der Waals surface area contributed by atoms with E-state index >= 15 is 0 Å². The maximum atomic E-state index is 12.1. The third-order valence-corrected chi connectivity index (χ3v) is 6.38. The van der Waals surface area contributed by atoms with Gasteiger partial charge in [-0.2, -0.15) is 0 Å². The molecule has 0 atom stereocenters. The number of hydrogen-bond acceptors (Lipinski definition) is 4. The van der Waals surface area contributed by atoms with E-state index in [1.54, 1.807) is 6.07 Å². The number of anilines is 1. The number of benzene rings is 2. The highest BCUT2D eigenvalue weighted by atomic mass is 35.5. The highest BCUT2D eigenvalue weighted by Crippen LogP contribution is 2.32. The number of aromatic amines is 1. The van der Waals surface area contributed by atoms with E-state index in [-0.39, 0.29) is 0 Å². The summed E-state index contributed by atoms with van der Waals surface area (Å²) in [6, 6.07) is 13.3. The summed E-state index contributed by atoms with van der Waals surface area (Å²) in [4.78, 5) is 19.9. The molecular weight excluding hydrogens is 435 g/mol. The lowest BCUT2D eigenvalue weighted by Gasteiger charge is -2.36. The summed E-state index contributed by atoms with van der Waals surface area (Å²) in [6.45, 7) is 5.43. The van der Waals surface area contributed by atoms with Gasteiger partial charge in [-0.15, -0.1) is 0 Å². The average molecular weight is 461 g/mol. The Morgan fingerprint density at radius 3 is 2.68 bits per heavy atom. The van der Waals surface area contributed by atoms with Crippen molar-refractivity contribution < 1.29 is 9.53 Å². The van der Waals surface area contributed by atoms with Gasteiger partial charge in [0, 0.05) is 49.8 Å². The number of halogens is 2. The van der Waals surface area contributed by atoms with Gasteiger partial charge in [0.1, 0.15) is 5.75 Å². The molecule has 4 rings (SSSR count). The Labute approximate surface area is 192 Å². The van der Waals surface area contributed by atoms with Crippen molar-refractivity contribution in [2.45, 2.75) is 12.8 Å². The van der Waals surface area contributed by atoms with Crippen LogP contribution >= 0.6 is 23.2 Å². The van der Waals surface area contributed by atoms with E-state index in [1.807, 2.05) is 42.6 Å². The second-order valence-corrected chi connectivity index (χ2v) is 8.41. The van der Waals surface area contributed by atoms with Crippen LogP contribution in [0.15, 0.2) is 48.7 Å². The number of ether oxygens (including phenoxy) is 1. The van der Waals surface area contributed by atoms with Crippen molar-refractivity contribution in [3.8, 4) is 5.75 Å². The molecule has 0 unspecified atom stereocenters. The van der Waals surface area contributed by atoms with Crippen molar-refractivity contribution in [1.29, 1.82) is 0 Å². The molecule has 1 aliphatic rings. The Morgan fingerprint density at radius 2 is 1.84 bits per heavy atom. The molecule has 1 aliphatic heterocycles. The van der Waals surface area contributed by atoms with Crippen LogP contribution in [0.4, 0.5) is 10.5 Å². The summed E-state index contributed by atoms with van der Waals surface area (Å²) in [7, 11) is 0. The number of unbranched alkanes of at least 4 members (excludes halogenated alkanes) is 1. The van der Waals surface area contributed by atoms with E-state index < -0.39 is 6.09 Å². The molecule has 164 valence electrons. The average Bonchev–Trinajstić information content (AvgIpc) is 3.26. The number of carbonyl (C=O) groups excluding carboxylic acids is 1. The normalized spacial score (nSPS) is 14.7. The fourth-order valence-corrected chi connectivity index (χ4v) is 4.30. The minimum Gasteiger partial charge on any atom is -0.410 e. The molecule has 1 amide bonds. The smallest absolute Gasteiger partial charge is 0.410 e. The van der Waals surface area contributed by atoms with Crippen LogP contribution in [0, 0.1) is 0 Å². The fraction of sp³-hybridized carbons (Fsp3) is 0.348. The molecule has 6 nitrogen and oxygen atoms in total. The maximum absolute atomic E-state index is 12.1. The van der Waals surface area contributed by atoms with Gasteiger partial charge in [0.15, 0.2) is 0 Å². The van der Waals surface area contributed by atoms with E-state index in [9.17, 15) is 4.79 Å².